The molecule has 0 saturated heterocycles. The number of hydrogen-bond acceptors (Lipinski definition) is 8. The van der Waals surface area contributed by atoms with E-state index in [9.17, 15) is 32.3 Å². The summed E-state index contributed by atoms with van der Waals surface area (Å²) in [5.74, 6) is -5.19. The molecule has 3 rings (SSSR count). The molecule has 3 N–H and O–H groups in total. The lowest BCUT2D eigenvalue weighted by molar-refractivity contribution is -0.189. The lowest BCUT2D eigenvalue weighted by atomic mass is 9.82. The van der Waals surface area contributed by atoms with Crippen LogP contribution >= 0.6 is 0 Å². The second-order valence-corrected chi connectivity index (χ2v) is 8.17. The molecule has 0 fully saturated rings. The van der Waals surface area contributed by atoms with Crippen molar-refractivity contribution < 1.29 is 41.8 Å². The van der Waals surface area contributed by atoms with Crippen molar-refractivity contribution in [3.8, 4) is 5.75 Å². The van der Waals surface area contributed by atoms with E-state index >= 15 is 0 Å². The second-order valence-electron chi connectivity index (χ2n) is 8.17. The minimum Gasteiger partial charge on any atom is -0.464 e. The molecular formula is C24H23F3N2O6. The molecule has 0 bridgehead atoms. The van der Waals surface area contributed by atoms with Gasteiger partial charge in [0, 0.05) is 23.4 Å². The van der Waals surface area contributed by atoms with E-state index in [4.69, 9.17) is 10.5 Å². The van der Waals surface area contributed by atoms with Crippen LogP contribution in [0.5, 0.6) is 5.75 Å². The summed E-state index contributed by atoms with van der Waals surface area (Å²) < 4.78 is 47.8. The van der Waals surface area contributed by atoms with E-state index in [1.54, 1.807) is 19.9 Å². The third kappa shape index (κ3) is 5.51. The first kappa shape index (κ1) is 25.9. The van der Waals surface area contributed by atoms with E-state index < -0.39 is 47.0 Å². The average Bonchev–Trinajstić information content (AvgIpc) is 2.81. The Kier molecular flexibility index (Phi) is 7.59. The van der Waals surface area contributed by atoms with E-state index in [0.717, 1.165) is 6.07 Å². The number of rotatable bonds is 8. The van der Waals surface area contributed by atoms with Crippen molar-refractivity contribution in [1.82, 2.24) is 0 Å². The molecule has 1 aliphatic carbocycles. The third-order valence-electron chi connectivity index (χ3n) is 5.34. The number of hydrogen-bond donors (Lipinski definition) is 2. The van der Waals surface area contributed by atoms with E-state index in [1.165, 1.54) is 24.3 Å². The van der Waals surface area contributed by atoms with Crippen LogP contribution in [0.15, 0.2) is 36.4 Å². The van der Waals surface area contributed by atoms with Crippen LogP contribution in [0, 0.1) is 5.92 Å². The quantitative estimate of drug-likeness (QED) is 0.279. The first-order chi connectivity index (χ1) is 16.4. The Labute approximate surface area is 198 Å². The summed E-state index contributed by atoms with van der Waals surface area (Å²) in [4.78, 5) is 49.5. The van der Waals surface area contributed by atoms with Crippen molar-refractivity contribution >= 4 is 29.2 Å². The van der Waals surface area contributed by atoms with Gasteiger partial charge in [-0.25, -0.2) is 4.79 Å². The van der Waals surface area contributed by atoms with Gasteiger partial charge in [-0.15, -0.1) is 0 Å². The Hall–Kier alpha value is -3.73. The fourth-order valence-electron chi connectivity index (χ4n) is 3.42. The lowest BCUT2D eigenvalue weighted by Gasteiger charge is -2.23. The number of benzene rings is 2. The van der Waals surface area contributed by atoms with Crippen molar-refractivity contribution in [2.75, 3.05) is 18.5 Å². The number of alkyl halides is 3. The summed E-state index contributed by atoms with van der Waals surface area (Å²) in [6, 6.07) is 7.35. The summed E-state index contributed by atoms with van der Waals surface area (Å²) in [7, 11) is 0. The first-order valence-electron chi connectivity index (χ1n) is 10.7. The minimum absolute atomic E-state index is 0.0140. The van der Waals surface area contributed by atoms with E-state index in [1.807, 2.05) is 0 Å². The molecule has 0 aromatic heterocycles. The van der Waals surface area contributed by atoms with Crippen molar-refractivity contribution in [1.29, 1.82) is 0 Å². The number of anilines is 1. The van der Waals surface area contributed by atoms with Crippen LogP contribution in [0.25, 0.3) is 0 Å². The summed E-state index contributed by atoms with van der Waals surface area (Å²) >= 11 is 0. The SMILES string of the molecule is CC(C)[C@H](N)C(=O)OCCCNc1ccc(OC(=O)C(F)(F)F)c2c1C(=O)c1ccccc1C2=O. The molecule has 2 aromatic rings. The van der Waals surface area contributed by atoms with E-state index in [0.29, 0.717) is 6.42 Å². The molecule has 0 amide bonds. The van der Waals surface area contributed by atoms with Crippen molar-refractivity contribution in [3.05, 3.63) is 58.7 Å². The zero-order valence-corrected chi connectivity index (χ0v) is 18.9. The Morgan fingerprint density at radius 1 is 1.00 bits per heavy atom. The largest absolute Gasteiger partial charge is 0.491 e. The van der Waals surface area contributed by atoms with Crippen LogP contribution in [0.2, 0.25) is 0 Å². The summed E-state index contributed by atoms with van der Waals surface area (Å²) in [6.07, 6.45) is -4.98. The molecule has 0 unspecified atom stereocenters. The number of fused-ring (bicyclic) bond motifs is 2. The molecule has 1 aliphatic rings. The van der Waals surface area contributed by atoms with Gasteiger partial charge in [-0.05, 0) is 24.5 Å². The Balaban J connectivity index is 1.85. The molecular weight excluding hydrogens is 469 g/mol. The zero-order valence-electron chi connectivity index (χ0n) is 18.9. The minimum atomic E-state index is -5.29. The Bertz CT molecular complexity index is 1180. The highest BCUT2D eigenvalue weighted by atomic mass is 19.4. The molecule has 0 spiro atoms. The number of nitrogens with one attached hydrogen (secondary N) is 1. The average molecular weight is 492 g/mol. The highest BCUT2D eigenvalue weighted by Gasteiger charge is 2.43. The van der Waals surface area contributed by atoms with Crippen LogP contribution in [0.3, 0.4) is 0 Å². The predicted molar refractivity (Wildman–Crippen MR) is 118 cm³/mol. The highest BCUT2D eigenvalue weighted by Crippen LogP contribution is 2.38. The van der Waals surface area contributed by atoms with Gasteiger partial charge in [0.15, 0.2) is 11.6 Å². The van der Waals surface area contributed by atoms with Gasteiger partial charge in [0.05, 0.1) is 17.7 Å². The topological polar surface area (TPSA) is 125 Å². The molecule has 0 heterocycles. The normalized spacial score (nSPS) is 13.7. The zero-order chi connectivity index (χ0) is 25.9. The van der Waals surface area contributed by atoms with Crippen molar-refractivity contribution in [3.63, 3.8) is 0 Å². The summed E-state index contributed by atoms with van der Waals surface area (Å²) in [5, 5.41) is 2.93. The summed E-state index contributed by atoms with van der Waals surface area (Å²) in [6.45, 7) is 3.79. The standard InChI is InChI=1S/C24H23F3N2O6/c1-12(2)19(28)22(32)34-11-5-10-29-15-8-9-16(35-23(33)24(25,26)27)18-17(15)20(30)13-6-3-4-7-14(13)21(18)31/h3-4,6-9,12,19,29H,5,10-11,28H2,1-2H3/t19-/m0/s1. The highest BCUT2D eigenvalue weighted by molar-refractivity contribution is 6.31. The second kappa shape index (κ2) is 10.3. The predicted octanol–water partition coefficient (Wildman–Crippen LogP) is 3.26. The van der Waals surface area contributed by atoms with Gasteiger partial charge in [-0.2, -0.15) is 13.2 Å². The molecule has 0 aliphatic heterocycles. The van der Waals surface area contributed by atoms with Gasteiger partial charge in [-0.1, -0.05) is 38.1 Å². The fourth-order valence-corrected chi connectivity index (χ4v) is 3.42. The molecule has 35 heavy (non-hydrogen) atoms. The molecule has 8 nitrogen and oxygen atoms in total. The molecule has 11 heteroatoms. The van der Waals surface area contributed by atoms with Crippen LogP contribution in [-0.2, 0) is 14.3 Å². The third-order valence-corrected chi connectivity index (χ3v) is 5.34. The maximum absolute atomic E-state index is 13.2. The number of halogens is 3. The molecule has 0 saturated carbocycles. The van der Waals surface area contributed by atoms with Crippen LogP contribution in [0.4, 0.5) is 18.9 Å². The molecule has 1 atom stereocenters. The molecule has 2 aromatic carbocycles. The number of carbonyl (C=O) groups excluding carboxylic acids is 4. The monoisotopic (exact) mass is 492 g/mol. The number of nitrogens with two attached hydrogens (primary N) is 1. The van der Waals surface area contributed by atoms with Crippen molar-refractivity contribution in [2.45, 2.75) is 32.5 Å². The smallest absolute Gasteiger partial charge is 0.464 e. The Morgan fingerprint density at radius 2 is 1.60 bits per heavy atom. The van der Waals surface area contributed by atoms with Gasteiger partial charge in [0.25, 0.3) is 0 Å². The van der Waals surface area contributed by atoms with Crippen LogP contribution in [0.1, 0.15) is 52.1 Å². The maximum atomic E-state index is 13.2. The van der Waals surface area contributed by atoms with Crippen LogP contribution in [-0.4, -0.2) is 48.9 Å². The number of carbonyl (C=O) groups is 4. The number of esters is 2. The van der Waals surface area contributed by atoms with Gasteiger partial charge < -0.3 is 20.5 Å². The molecule has 0 radical (unpaired) electrons. The lowest BCUT2D eigenvalue weighted by Crippen LogP contribution is -2.37. The van der Waals surface area contributed by atoms with Crippen molar-refractivity contribution in [2.24, 2.45) is 11.7 Å². The van der Waals surface area contributed by atoms with Gasteiger partial charge in [-0.3, -0.25) is 14.4 Å². The van der Waals surface area contributed by atoms with Crippen LogP contribution < -0.4 is 15.8 Å². The van der Waals surface area contributed by atoms with Gasteiger partial charge in [0.2, 0.25) is 0 Å². The van der Waals surface area contributed by atoms with E-state index in [-0.39, 0.29) is 41.4 Å². The van der Waals surface area contributed by atoms with Gasteiger partial charge in [0.1, 0.15) is 11.8 Å². The van der Waals surface area contributed by atoms with Gasteiger partial charge >= 0.3 is 18.1 Å². The van der Waals surface area contributed by atoms with E-state index in [2.05, 4.69) is 10.1 Å². The maximum Gasteiger partial charge on any atom is 0.491 e. The molecule has 186 valence electrons. The first-order valence-corrected chi connectivity index (χ1v) is 10.7. The fraction of sp³-hybridized carbons (Fsp3) is 0.333. The number of ketones is 2. The summed E-state index contributed by atoms with van der Waals surface area (Å²) in [5.41, 5.74) is 5.29. The number of ether oxygens (including phenoxy) is 2. The Morgan fingerprint density at radius 3 is 2.17 bits per heavy atom.